The Bertz CT molecular complexity index is 1060. The summed E-state index contributed by atoms with van der Waals surface area (Å²) >= 11 is 0. The molecule has 1 saturated heterocycles. The molecule has 6 unspecified atom stereocenters. The summed E-state index contributed by atoms with van der Waals surface area (Å²) in [5.74, 6) is -6.85. The summed E-state index contributed by atoms with van der Waals surface area (Å²) in [6, 6.07) is -0.768. The first kappa shape index (κ1) is 26.9. The first-order valence-corrected chi connectivity index (χ1v) is 13.6. The van der Waals surface area contributed by atoms with Crippen molar-refractivity contribution in [3.8, 4) is 0 Å². The minimum atomic E-state index is -5.83. The van der Waals surface area contributed by atoms with E-state index in [1.165, 1.54) is 0 Å². The third-order valence-electron chi connectivity index (χ3n) is 7.95. The van der Waals surface area contributed by atoms with Gasteiger partial charge in [0.1, 0.15) is 6.10 Å². The summed E-state index contributed by atoms with van der Waals surface area (Å²) in [5, 5.41) is -4.73. The molecule has 13 heteroatoms. The number of carbonyl (C=O) groups is 4. The summed E-state index contributed by atoms with van der Waals surface area (Å²) in [5.41, 5.74) is -0.955. The van der Waals surface area contributed by atoms with Crippen LogP contribution in [0, 0.1) is 35.0 Å². The topological polar surface area (TPSA) is 144 Å². The average molecular weight is 536 g/mol. The van der Waals surface area contributed by atoms with Crippen molar-refractivity contribution in [3.63, 3.8) is 0 Å². The van der Waals surface area contributed by atoms with Crippen LogP contribution < -0.4 is 0 Å². The number of carbonyl (C=O) groups excluding carboxylic acids is 4. The minimum absolute atomic E-state index is 0.242. The minimum Gasteiger partial charge on any atom is -0.460 e. The zero-order valence-corrected chi connectivity index (χ0v) is 21.1. The van der Waals surface area contributed by atoms with Gasteiger partial charge in [0.2, 0.25) is 11.8 Å². The van der Waals surface area contributed by atoms with E-state index in [1.807, 2.05) is 0 Å². The van der Waals surface area contributed by atoms with E-state index in [0.29, 0.717) is 12.8 Å². The maximum absolute atomic E-state index is 13.7. The molecule has 1 heterocycles. The van der Waals surface area contributed by atoms with E-state index in [9.17, 15) is 36.4 Å². The molecule has 10 nitrogen and oxygen atoms in total. The van der Waals surface area contributed by atoms with Gasteiger partial charge in [-0.2, -0.15) is 17.2 Å². The van der Waals surface area contributed by atoms with E-state index in [2.05, 4.69) is 4.74 Å². The van der Waals surface area contributed by atoms with E-state index in [1.54, 1.807) is 20.8 Å². The number of imide groups is 1. The zero-order chi connectivity index (χ0) is 26.8. The monoisotopic (exact) mass is 535 g/mol. The molecule has 6 atom stereocenters. The van der Waals surface area contributed by atoms with Crippen molar-refractivity contribution in [1.29, 1.82) is 0 Å². The number of hydrogen-bond donors (Lipinski definition) is 1. The molecule has 0 aromatic carbocycles. The van der Waals surface area contributed by atoms with Crippen LogP contribution in [0.2, 0.25) is 0 Å². The molecule has 1 N–H and O–H groups in total. The van der Waals surface area contributed by atoms with E-state index in [0.717, 1.165) is 24.2 Å². The Labute approximate surface area is 207 Å². The fourth-order valence-electron chi connectivity index (χ4n) is 6.28. The number of likely N-dealkylation sites (tertiary alicyclic amines) is 1. The predicted octanol–water partition coefficient (Wildman–Crippen LogP) is 2.17. The number of amides is 2. The highest BCUT2D eigenvalue weighted by molar-refractivity contribution is 7.86. The summed E-state index contributed by atoms with van der Waals surface area (Å²) in [6.07, 6.45) is 3.27. The van der Waals surface area contributed by atoms with Gasteiger partial charge in [-0.3, -0.25) is 28.6 Å². The van der Waals surface area contributed by atoms with Crippen LogP contribution in [0.25, 0.3) is 0 Å². The molecule has 0 radical (unpaired) electrons. The number of rotatable bonds is 6. The molecule has 1 aliphatic heterocycles. The lowest BCUT2D eigenvalue weighted by Gasteiger charge is -2.36. The van der Waals surface area contributed by atoms with E-state index < -0.39 is 87.0 Å². The molecule has 202 valence electrons. The van der Waals surface area contributed by atoms with Crippen molar-refractivity contribution in [1.82, 2.24) is 4.90 Å². The summed E-state index contributed by atoms with van der Waals surface area (Å²) in [4.78, 5) is 53.6. The zero-order valence-electron chi connectivity index (χ0n) is 20.3. The number of esters is 2. The van der Waals surface area contributed by atoms with Gasteiger partial charge in [0.05, 0.1) is 23.8 Å². The second kappa shape index (κ2) is 9.00. The van der Waals surface area contributed by atoms with Crippen molar-refractivity contribution < 1.29 is 50.4 Å². The molecule has 4 aliphatic rings. The van der Waals surface area contributed by atoms with Gasteiger partial charge in [-0.15, -0.1) is 0 Å². The Kier molecular flexibility index (Phi) is 6.72. The van der Waals surface area contributed by atoms with E-state index >= 15 is 0 Å². The third kappa shape index (κ3) is 4.42. The molecule has 3 saturated carbocycles. The third-order valence-corrected chi connectivity index (χ3v) is 8.83. The molecule has 0 aromatic rings. The molecule has 0 spiro atoms. The molecule has 4 fully saturated rings. The van der Waals surface area contributed by atoms with Crippen LogP contribution in [-0.4, -0.2) is 65.6 Å². The average Bonchev–Trinajstić information content (AvgIpc) is 3.39. The van der Waals surface area contributed by atoms with Crippen LogP contribution >= 0.6 is 0 Å². The molecular formula is C23H31F2NO9S. The maximum Gasteiger partial charge on any atom is 0.402 e. The van der Waals surface area contributed by atoms with Crippen molar-refractivity contribution in [2.75, 3.05) is 6.61 Å². The summed E-state index contributed by atoms with van der Waals surface area (Å²) in [6.45, 7) is 2.95. The molecule has 3 aliphatic carbocycles. The van der Waals surface area contributed by atoms with Crippen LogP contribution in [0.5, 0.6) is 0 Å². The maximum atomic E-state index is 13.7. The Hall–Kier alpha value is -2.15. The van der Waals surface area contributed by atoms with Crippen LogP contribution in [0.4, 0.5) is 8.78 Å². The van der Waals surface area contributed by atoms with E-state index in [4.69, 9.17) is 9.29 Å². The van der Waals surface area contributed by atoms with Crippen LogP contribution in [-0.2, 0) is 38.8 Å². The lowest BCUT2D eigenvalue weighted by atomic mass is 9.78. The number of fused-ring (bicyclic) bond motifs is 1. The second-order valence-corrected chi connectivity index (χ2v) is 12.9. The van der Waals surface area contributed by atoms with Crippen molar-refractivity contribution in [2.45, 2.75) is 76.7 Å². The van der Waals surface area contributed by atoms with Crippen molar-refractivity contribution in [3.05, 3.63) is 0 Å². The highest BCUT2D eigenvalue weighted by Gasteiger charge is 2.72. The largest absolute Gasteiger partial charge is 0.460 e. The lowest BCUT2D eigenvalue weighted by molar-refractivity contribution is -0.170. The number of halogens is 2. The van der Waals surface area contributed by atoms with Crippen molar-refractivity contribution in [2.24, 2.45) is 35.0 Å². The number of nitrogens with zero attached hydrogens (tertiary/aromatic N) is 1. The fraction of sp³-hybridized carbons (Fsp3) is 0.826. The van der Waals surface area contributed by atoms with E-state index in [-0.39, 0.29) is 12.3 Å². The van der Waals surface area contributed by atoms with Crippen LogP contribution in [0.15, 0.2) is 0 Å². The standard InChI is InChI=1S/C23H31F2NO9S/c1-22(2,3)21(30)26-16-12-9-13(17(16)35-19(28)11-7-5-4-6-8-11)15(14(12)18(26)27)20(29)34-10-23(24,25)36(31,32)33/h11-17H,4-10H2,1-3H3,(H,31,32,33). The van der Waals surface area contributed by atoms with Gasteiger partial charge in [0.15, 0.2) is 6.61 Å². The highest BCUT2D eigenvalue weighted by atomic mass is 32.2. The first-order valence-electron chi connectivity index (χ1n) is 12.2. The normalized spacial score (nSPS) is 32.6. The van der Waals surface area contributed by atoms with Gasteiger partial charge in [0.25, 0.3) is 0 Å². The van der Waals surface area contributed by atoms with Gasteiger partial charge in [-0.25, -0.2) is 0 Å². The Morgan fingerprint density at radius 2 is 1.67 bits per heavy atom. The van der Waals surface area contributed by atoms with Gasteiger partial charge >= 0.3 is 27.3 Å². The SMILES string of the molecule is CC(C)(C)C(=O)N1C(=O)C2C3CC(C(OC(=O)C4CCCCC4)C31)C2C(=O)OCC(F)(F)S(=O)(=O)O. The Morgan fingerprint density at radius 1 is 1.06 bits per heavy atom. The Balaban J connectivity index is 1.62. The van der Waals surface area contributed by atoms with Gasteiger partial charge in [-0.05, 0) is 25.2 Å². The summed E-state index contributed by atoms with van der Waals surface area (Å²) in [7, 11) is -5.83. The van der Waals surface area contributed by atoms with Crippen molar-refractivity contribution >= 4 is 33.9 Å². The van der Waals surface area contributed by atoms with Crippen LogP contribution in [0.3, 0.4) is 0 Å². The second-order valence-electron chi connectivity index (χ2n) is 11.3. The van der Waals surface area contributed by atoms with Gasteiger partial charge in [0, 0.05) is 11.3 Å². The first-order chi connectivity index (χ1) is 16.6. The molecule has 4 rings (SSSR count). The fourth-order valence-corrected chi connectivity index (χ4v) is 6.49. The lowest BCUT2D eigenvalue weighted by Crippen LogP contribution is -2.51. The predicted molar refractivity (Wildman–Crippen MR) is 118 cm³/mol. The highest BCUT2D eigenvalue weighted by Crippen LogP contribution is 2.60. The molecule has 0 aromatic heterocycles. The smallest absolute Gasteiger partial charge is 0.402 e. The quantitative estimate of drug-likeness (QED) is 0.400. The Morgan fingerprint density at radius 3 is 2.22 bits per heavy atom. The number of alkyl halides is 2. The molecule has 2 amide bonds. The molecular weight excluding hydrogens is 504 g/mol. The molecule has 2 bridgehead atoms. The van der Waals surface area contributed by atoms with Crippen LogP contribution in [0.1, 0.15) is 59.3 Å². The number of hydrogen-bond acceptors (Lipinski definition) is 8. The number of ether oxygens (including phenoxy) is 2. The summed E-state index contributed by atoms with van der Waals surface area (Å²) < 4.78 is 68.3. The van der Waals surface area contributed by atoms with Gasteiger partial charge < -0.3 is 9.47 Å². The molecule has 36 heavy (non-hydrogen) atoms. The van der Waals surface area contributed by atoms with Gasteiger partial charge in [-0.1, -0.05) is 40.0 Å².